The Morgan fingerprint density at radius 2 is 1.73 bits per heavy atom. The fourth-order valence-electron chi connectivity index (χ4n) is 3.57. The molecule has 0 saturated carbocycles. The quantitative estimate of drug-likeness (QED) is 0.564. The Labute approximate surface area is 192 Å². The Morgan fingerprint density at radius 1 is 1.00 bits per heavy atom. The number of carbonyl (C=O) groups is 1. The van der Waals surface area contributed by atoms with Crippen molar-refractivity contribution in [2.75, 3.05) is 56.1 Å². The Balaban J connectivity index is 1.45. The molecule has 0 aliphatic carbocycles. The normalized spacial score (nSPS) is 13.4. The summed E-state index contributed by atoms with van der Waals surface area (Å²) in [4.78, 5) is 24.1. The van der Waals surface area contributed by atoms with E-state index in [1.165, 1.54) is 14.2 Å². The highest BCUT2D eigenvalue weighted by Gasteiger charge is 2.17. The molecule has 0 bridgehead atoms. The third kappa shape index (κ3) is 5.32. The van der Waals surface area contributed by atoms with Crippen LogP contribution in [0.25, 0.3) is 0 Å². The molecule has 33 heavy (non-hydrogen) atoms. The van der Waals surface area contributed by atoms with E-state index < -0.39 is 0 Å². The predicted molar refractivity (Wildman–Crippen MR) is 127 cm³/mol. The molecule has 1 fully saturated rings. The van der Waals surface area contributed by atoms with E-state index in [1.54, 1.807) is 18.2 Å². The van der Waals surface area contributed by atoms with E-state index in [0.717, 1.165) is 24.5 Å². The van der Waals surface area contributed by atoms with Crippen LogP contribution in [0, 0.1) is 6.92 Å². The number of morpholine rings is 1. The van der Waals surface area contributed by atoms with Gasteiger partial charge in [0.1, 0.15) is 5.82 Å². The van der Waals surface area contributed by atoms with Crippen LogP contribution in [0.2, 0.25) is 0 Å². The maximum Gasteiger partial charge on any atom is 0.259 e. The number of anilines is 4. The minimum absolute atomic E-state index is 0.284. The first-order valence-corrected chi connectivity index (χ1v) is 10.6. The number of nitrogens with zero attached hydrogens (tertiary/aromatic N) is 3. The summed E-state index contributed by atoms with van der Waals surface area (Å²) >= 11 is 0. The van der Waals surface area contributed by atoms with Gasteiger partial charge in [0.15, 0.2) is 11.5 Å². The fourth-order valence-corrected chi connectivity index (χ4v) is 3.57. The highest BCUT2D eigenvalue weighted by Crippen LogP contribution is 2.31. The Kier molecular flexibility index (Phi) is 6.89. The molecule has 2 aromatic carbocycles. The minimum atomic E-state index is -0.284. The maximum absolute atomic E-state index is 12.8. The molecule has 3 aromatic rings. The molecule has 172 valence electrons. The molecule has 2 heterocycles. The number of nitrogens with one attached hydrogen (secondary N) is 2. The Hall–Kier alpha value is -3.85. The van der Waals surface area contributed by atoms with E-state index in [2.05, 4.69) is 25.5 Å². The lowest BCUT2D eigenvalue weighted by Crippen LogP contribution is -2.37. The van der Waals surface area contributed by atoms with Crippen molar-refractivity contribution in [2.24, 2.45) is 0 Å². The van der Waals surface area contributed by atoms with Gasteiger partial charge >= 0.3 is 0 Å². The van der Waals surface area contributed by atoms with Gasteiger partial charge in [-0.2, -0.15) is 4.98 Å². The van der Waals surface area contributed by atoms with Crippen molar-refractivity contribution in [3.63, 3.8) is 0 Å². The smallest absolute Gasteiger partial charge is 0.259 e. The average Bonchev–Trinajstić information content (AvgIpc) is 2.84. The predicted octanol–water partition coefficient (Wildman–Crippen LogP) is 3.63. The Bertz CT molecular complexity index is 1110. The van der Waals surface area contributed by atoms with Gasteiger partial charge in [-0.25, -0.2) is 4.98 Å². The number of aromatic nitrogens is 2. The summed E-state index contributed by atoms with van der Waals surface area (Å²) in [7, 11) is 3.04. The number of rotatable bonds is 7. The molecule has 0 atom stereocenters. The van der Waals surface area contributed by atoms with Crippen molar-refractivity contribution >= 4 is 29.0 Å². The number of para-hydroxylation sites is 1. The number of carbonyl (C=O) groups excluding carboxylic acids is 1. The molecular weight excluding hydrogens is 422 g/mol. The molecular formula is C24H27N5O4. The zero-order valence-electron chi connectivity index (χ0n) is 18.9. The van der Waals surface area contributed by atoms with Crippen LogP contribution in [-0.2, 0) is 4.74 Å². The standard InChI is InChI=1S/C24H27N5O4/c1-16-15-21(28-24(25-16)29-11-13-33-14-12-29)26-17-7-9-18(10-8-17)27-23(30)19-5-4-6-20(31-2)22(19)32-3/h4-10,15H,11-14H2,1-3H3,(H,27,30)(H,25,26,28). The number of hydrogen-bond donors (Lipinski definition) is 2. The molecule has 0 unspecified atom stereocenters. The van der Waals surface area contributed by atoms with Gasteiger partial charge in [-0.05, 0) is 43.3 Å². The number of methoxy groups -OCH3 is 2. The van der Waals surface area contributed by atoms with E-state index in [0.29, 0.717) is 47.7 Å². The molecule has 1 saturated heterocycles. The highest BCUT2D eigenvalue weighted by molar-refractivity contribution is 6.06. The first kappa shape index (κ1) is 22.3. The van der Waals surface area contributed by atoms with Crippen LogP contribution in [0.1, 0.15) is 16.1 Å². The molecule has 0 radical (unpaired) electrons. The van der Waals surface area contributed by atoms with Crippen molar-refractivity contribution in [3.05, 3.63) is 59.8 Å². The van der Waals surface area contributed by atoms with Crippen molar-refractivity contribution in [2.45, 2.75) is 6.92 Å². The minimum Gasteiger partial charge on any atom is -0.493 e. The first-order valence-electron chi connectivity index (χ1n) is 10.6. The van der Waals surface area contributed by atoms with Crippen molar-refractivity contribution in [1.82, 2.24) is 9.97 Å². The molecule has 1 amide bonds. The van der Waals surface area contributed by atoms with Crippen molar-refractivity contribution < 1.29 is 19.0 Å². The largest absolute Gasteiger partial charge is 0.493 e. The first-order chi connectivity index (χ1) is 16.1. The van der Waals surface area contributed by atoms with Crippen LogP contribution in [-0.4, -0.2) is 56.4 Å². The summed E-state index contributed by atoms with van der Waals surface area (Å²) in [6.45, 7) is 4.84. The molecule has 1 aliphatic heterocycles. The summed E-state index contributed by atoms with van der Waals surface area (Å²) in [6.07, 6.45) is 0. The summed E-state index contributed by atoms with van der Waals surface area (Å²) in [5.74, 6) is 2.01. The lowest BCUT2D eigenvalue weighted by molar-refractivity contribution is 0.102. The topological polar surface area (TPSA) is 97.8 Å². The number of amides is 1. The SMILES string of the molecule is COc1cccc(C(=O)Nc2ccc(Nc3cc(C)nc(N4CCOCC4)n3)cc2)c1OC. The van der Waals surface area contributed by atoms with Gasteiger partial charge in [0.2, 0.25) is 5.95 Å². The van der Waals surface area contributed by atoms with Gasteiger partial charge in [-0.1, -0.05) is 6.07 Å². The summed E-state index contributed by atoms with van der Waals surface area (Å²) in [5, 5.41) is 6.20. The van der Waals surface area contributed by atoms with Crippen LogP contribution < -0.4 is 25.0 Å². The van der Waals surface area contributed by atoms with E-state index >= 15 is 0 Å². The maximum atomic E-state index is 12.8. The van der Waals surface area contributed by atoms with Crippen LogP contribution in [0.4, 0.5) is 23.1 Å². The average molecular weight is 450 g/mol. The van der Waals surface area contributed by atoms with Crippen LogP contribution in [0.3, 0.4) is 0 Å². The molecule has 1 aliphatic rings. The molecule has 0 spiro atoms. The van der Waals surface area contributed by atoms with E-state index in [4.69, 9.17) is 14.2 Å². The molecule has 9 heteroatoms. The molecule has 9 nitrogen and oxygen atoms in total. The molecule has 2 N–H and O–H groups in total. The van der Waals surface area contributed by atoms with Crippen molar-refractivity contribution in [3.8, 4) is 11.5 Å². The van der Waals surface area contributed by atoms with Gasteiger partial charge < -0.3 is 29.7 Å². The van der Waals surface area contributed by atoms with Crippen molar-refractivity contribution in [1.29, 1.82) is 0 Å². The van der Waals surface area contributed by atoms with Gasteiger partial charge in [0.05, 0.1) is 33.0 Å². The lowest BCUT2D eigenvalue weighted by atomic mass is 10.1. The van der Waals surface area contributed by atoms with Gasteiger partial charge in [0.25, 0.3) is 5.91 Å². The number of benzene rings is 2. The summed E-state index contributed by atoms with van der Waals surface area (Å²) < 4.78 is 16.0. The van der Waals surface area contributed by atoms with E-state index in [-0.39, 0.29) is 5.91 Å². The third-order valence-corrected chi connectivity index (χ3v) is 5.20. The summed E-state index contributed by atoms with van der Waals surface area (Å²) in [6, 6.07) is 14.5. The van der Waals surface area contributed by atoms with E-state index in [9.17, 15) is 4.79 Å². The second-order valence-corrected chi connectivity index (χ2v) is 7.49. The number of aryl methyl sites for hydroxylation is 1. The van der Waals surface area contributed by atoms with E-state index in [1.807, 2.05) is 37.3 Å². The fraction of sp³-hybridized carbons (Fsp3) is 0.292. The second-order valence-electron chi connectivity index (χ2n) is 7.49. The zero-order valence-corrected chi connectivity index (χ0v) is 18.9. The van der Waals surface area contributed by atoms with Gasteiger partial charge in [-0.15, -0.1) is 0 Å². The summed E-state index contributed by atoms with van der Waals surface area (Å²) in [5.41, 5.74) is 2.78. The Morgan fingerprint density at radius 3 is 2.42 bits per heavy atom. The molecule has 1 aromatic heterocycles. The number of ether oxygens (including phenoxy) is 3. The van der Waals surface area contributed by atoms with Crippen LogP contribution in [0.5, 0.6) is 11.5 Å². The molecule has 4 rings (SSSR count). The zero-order chi connectivity index (χ0) is 23.2. The van der Waals surface area contributed by atoms with Gasteiger partial charge in [0, 0.05) is 36.2 Å². The van der Waals surface area contributed by atoms with Gasteiger partial charge in [-0.3, -0.25) is 4.79 Å². The highest BCUT2D eigenvalue weighted by atomic mass is 16.5. The monoisotopic (exact) mass is 449 g/mol. The second kappa shape index (κ2) is 10.2. The number of hydrogen-bond acceptors (Lipinski definition) is 8. The lowest BCUT2D eigenvalue weighted by Gasteiger charge is -2.27. The van der Waals surface area contributed by atoms with Crippen LogP contribution in [0.15, 0.2) is 48.5 Å². The van der Waals surface area contributed by atoms with Crippen LogP contribution >= 0.6 is 0 Å². The third-order valence-electron chi connectivity index (χ3n) is 5.20.